The summed E-state index contributed by atoms with van der Waals surface area (Å²) in [6.07, 6.45) is 4.19. The maximum Gasteiger partial charge on any atom is 0.254 e. The number of rotatable bonds is 4. The standard InChI is InChI=1S/C20H21NO3/c22-20(16-9-11-18-19(13-16)24-14-23-18)21-12-4-7-17(21)10-8-15-5-2-1-3-6-15/h1-3,5-6,9,11,13,17H,4,7-8,10,12,14H2/t17-/m0/s1. The SMILES string of the molecule is O=C(c1ccc2c(c1)OCO2)N1CCC[C@H]1CCc1ccccc1. The molecule has 4 rings (SSSR count). The zero-order valence-electron chi connectivity index (χ0n) is 13.6. The summed E-state index contributed by atoms with van der Waals surface area (Å²) in [5.74, 6) is 1.48. The Morgan fingerprint density at radius 1 is 1.08 bits per heavy atom. The first kappa shape index (κ1) is 15.1. The van der Waals surface area contributed by atoms with Crippen molar-refractivity contribution in [2.75, 3.05) is 13.3 Å². The number of fused-ring (bicyclic) bond motifs is 1. The van der Waals surface area contributed by atoms with Gasteiger partial charge in [0.2, 0.25) is 6.79 Å². The lowest BCUT2D eigenvalue weighted by atomic mass is 10.0. The highest BCUT2D eigenvalue weighted by Gasteiger charge is 2.30. The quantitative estimate of drug-likeness (QED) is 0.862. The second-order valence-electron chi connectivity index (χ2n) is 6.39. The molecule has 124 valence electrons. The lowest BCUT2D eigenvalue weighted by molar-refractivity contribution is 0.0730. The smallest absolute Gasteiger partial charge is 0.254 e. The number of amides is 1. The fraction of sp³-hybridized carbons (Fsp3) is 0.350. The summed E-state index contributed by atoms with van der Waals surface area (Å²) >= 11 is 0. The molecule has 0 bridgehead atoms. The van der Waals surface area contributed by atoms with Crippen LogP contribution in [0.4, 0.5) is 0 Å². The fourth-order valence-electron chi connectivity index (χ4n) is 3.58. The third-order valence-electron chi connectivity index (χ3n) is 4.87. The normalized spacial score (nSPS) is 18.8. The molecule has 4 heteroatoms. The van der Waals surface area contributed by atoms with Crippen molar-refractivity contribution in [2.24, 2.45) is 0 Å². The van der Waals surface area contributed by atoms with E-state index in [1.54, 1.807) is 6.07 Å². The molecule has 0 unspecified atom stereocenters. The molecule has 4 nitrogen and oxygen atoms in total. The molecule has 0 aliphatic carbocycles. The predicted molar refractivity (Wildman–Crippen MR) is 91.4 cm³/mol. The number of hydrogen-bond acceptors (Lipinski definition) is 3. The van der Waals surface area contributed by atoms with Gasteiger partial charge in [0.05, 0.1) is 0 Å². The van der Waals surface area contributed by atoms with Crippen molar-refractivity contribution in [2.45, 2.75) is 31.7 Å². The predicted octanol–water partition coefficient (Wildman–Crippen LogP) is 3.65. The second kappa shape index (κ2) is 6.56. The summed E-state index contributed by atoms with van der Waals surface area (Å²) in [4.78, 5) is 14.9. The first-order chi connectivity index (χ1) is 11.8. The lowest BCUT2D eigenvalue weighted by Crippen LogP contribution is -2.35. The summed E-state index contributed by atoms with van der Waals surface area (Å²) in [5, 5.41) is 0. The molecule has 2 aliphatic heterocycles. The van der Waals surface area contributed by atoms with Gasteiger partial charge in [0.25, 0.3) is 5.91 Å². The number of aryl methyl sites for hydroxylation is 1. The number of ether oxygens (including phenoxy) is 2. The second-order valence-corrected chi connectivity index (χ2v) is 6.39. The monoisotopic (exact) mass is 323 g/mol. The van der Waals surface area contributed by atoms with E-state index in [1.165, 1.54) is 5.56 Å². The number of benzene rings is 2. The molecule has 0 N–H and O–H groups in total. The average molecular weight is 323 g/mol. The van der Waals surface area contributed by atoms with Gasteiger partial charge in [-0.05, 0) is 49.4 Å². The van der Waals surface area contributed by atoms with Crippen molar-refractivity contribution >= 4 is 5.91 Å². The van der Waals surface area contributed by atoms with Crippen LogP contribution in [-0.4, -0.2) is 30.2 Å². The van der Waals surface area contributed by atoms with E-state index in [-0.39, 0.29) is 12.7 Å². The number of carbonyl (C=O) groups excluding carboxylic acids is 1. The van der Waals surface area contributed by atoms with Gasteiger partial charge in [0, 0.05) is 18.2 Å². The van der Waals surface area contributed by atoms with Gasteiger partial charge in [-0.25, -0.2) is 0 Å². The minimum Gasteiger partial charge on any atom is -0.454 e. The van der Waals surface area contributed by atoms with Gasteiger partial charge in [0.1, 0.15) is 0 Å². The Morgan fingerprint density at radius 3 is 2.79 bits per heavy atom. The van der Waals surface area contributed by atoms with Crippen molar-refractivity contribution < 1.29 is 14.3 Å². The van der Waals surface area contributed by atoms with E-state index in [0.29, 0.717) is 23.1 Å². The molecule has 2 aliphatic rings. The van der Waals surface area contributed by atoms with E-state index < -0.39 is 0 Å². The molecule has 1 saturated heterocycles. The zero-order chi connectivity index (χ0) is 16.4. The van der Waals surface area contributed by atoms with E-state index in [0.717, 1.165) is 32.2 Å². The third-order valence-corrected chi connectivity index (χ3v) is 4.87. The number of likely N-dealkylation sites (tertiary alicyclic amines) is 1. The molecule has 0 spiro atoms. The van der Waals surface area contributed by atoms with Crippen LogP contribution < -0.4 is 9.47 Å². The molecule has 1 amide bonds. The Bertz CT molecular complexity index is 729. The Kier molecular flexibility index (Phi) is 4.11. The summed E-state index contributed by atoms with van der Waals surface area (Å²) in [6, 6.07) is 16.3. The van der Waals surface area contributed by atoms with Gasteiger partial charge < -0.3 is 14.4 Å². The molecule has 0 aromatic heterocycles. The topological polar surface area (TPSA) is 38.8 Å². The minimum absolute atomic E-state index is 0.101. The van der Waals surface area contributed by atoms with Crippen LogP contribution in [0.3, 0.4) is 0 Å². The van der Waals surface area contributed by atoms with Crippen molar-refractivity contribution in [1.82, 2.24) is 4.90 Å². The number of carbonyl (C=O) groups is 1. The summed E-state index contributed by atoms with van der Waals surface area (Å²) in [6.45, 7) is 1.07. The van der Waals surface area contributed by atoms with Crippen molar-refractivity contribution in [3.05, 3.63) is 59.7 Å². The highest BCUT2D eigenvalue weighted by Crippen LogP contribution is 2.33. The van der Waals surface area contributed by atoms with Crippen LogP contribution in [0, 0.1) is 0 Å². The first-order valence-electron chi connectivity index (χ1n) is 8.56. The number of nitrogens with zero attached hydrogens (tertiary/aromatic N) is 1. The number of hydrogen-bond donors (Lipinski definition) is 0. The lowest BCUT2D eigenvalue weighted by Gasteiger charge is -2.25. The molecular formula is C20H21NO3. The van der Waals surface area contributed by atoms with Gasteiger partial charge in [0.15, 0.2) is 11.5 Å². The molecule has 1 fully saturated rings. The van der Waals surface area contributed by atoms with E-state index in [2.05, 4.69) is 24.3 Å². The van der Waals surface area contributed by atoms with Crippen LogP contribution in [0.1, 0.15) is 35.2 Å². The molecule has 2 aromatic carbocycles. The van der Waals surface area contributed by atoms with Gasteiger partial charge in [-0.1, -0.05) is 30.3 Å². The third kappa shape index (κ3) is 2.96. The van der Waals surface area contributed by atoms with Gasteiger partial charge in [-0.2, -0.15) is 0 Å². The Morgan fingerprint density at radius 2 is 1.92 bits per heavy atom. The van der Waals surface area contributed by atoms with Crippen LogP contribution in [0.2, 0.25) is 0 Å². The molecule has 2 heterocycles. The van der Waals surface area contributed by atoms with Gasteiger partial charge in [-0.3, -0.25) is 4.79 Å². The largest absolute Gasteiger partial charge is 0.454 e. The van der Waals surface area contributed by atoms with Crippen molar-refractivity contribution in [3.63, 3.8) is 0 Å². The highest BCUT2D eigenvalue weighted by atomic mass is 16.7. The first-order valence-corrected chi connectivity index (χ1v) is 8.56. The molecule has 24 heavy (non-hydrogen) atoms. The van der Waals surface area contributed by atoms with Gasteiger partial charge in [-0.15, -0.1) is 0 Å². The summed E-state index contributed by atoms with van der Waals surface area (Å²) < 4.78 is 10.7. The molecule has 0 radical (unpaired) electrons. The van der Waals surface area contributed by atoms with Crippen LogP contribution >= 0.6 is 0 Å². The van der Waals surface area contributed by atoms with Crippen LogP contribution in [0.25, 0.3) is 0 Å². The van der Waals surface area contributed by atoms with E-state index in [1.807, 2.05) is 23.1 Å². The molecule has 0 saturated carbocycles. The summed E-state index contributed by atoms with van der Waals surface area (Å²) in [7, 11) is 0. The van der Waals surface area contributed by atoms with Crippen LogP contribution in [0.15, 0.2) is 48.5 Å². The van der Waals surface area contributed by atoms with Crippen LogP contribution in [0.5, 0.6) is 11.5 Å². The molecule has 2 aromatic rings. The zero-order valence-corrected chi connectivity index (χ0v) is 13.6. The molecular weight excluding hydrogens is 302 g/mol. The fourth-order valence-corrected chi connectivity index (χ4v) is 3.58. The van der Waals surface area contributed by atoms with Crippen molar-refractivity contribution in [3.8, 4) is 11.5 Å². The Labute approximate surface area is 142 Å². The van der Waals surface area contributed by atoms with E-state index >= 15 is 0 Å². The van der Waals surface area contributed by atoms with Crippen LogP contribution in [-0.2, 0) is 6.42 Å². The molecule has 1 atom stereocenters. The Balaban J connectivity index is 1.45. The van der Waals surface area contributed by atoms with Crippen molar-refractivity contribution in [1.29, 1.82) is 0 Å². The summed E-state index contributed by atoms with van der Waals surface area (Å²) in [5.41, 5.74) is 2.02. The minimum atomic E-state index is 0.101. The van der Waals surface area contributed by atoms with E-state index in [4.69, 9.17) is 9.47 Å². The van der Waals surface area contributed by atoms with E-state index in [9.17, 15) is 4.79 Å². The highest BCUT2D eigenvalue weighted by molar-refractivity contribution is 5.95. The maximum atomic E-state index is 12.9. The average Bonchev–Trinajstić information content (AvgIpc) is 3.28. The maximum absolute atomic E-state index is 12.9. The van der Waals surface area contributed by atoms with Gasteiger partial charge >= 0.3 is 0 Å². The Hall–Kier alpha value is -2.49.